The van der Waals surface area contributed by atoms with Gasteiger partial charge in [-0.05, 0) is 61.3 Å². The summed E-state index contributed by atoms with van der Waals surface area (Å²) in [6, 6.07) is 9.73. The molecule has 0 radical (unpaired) electrons. The number of nitrogens with one attached hydrogen (secondary N) is 2. The molecule has 26 heavy (non-hydrogen) atoms. The highest BCUT2D eigenvalue weighted by Crippen LogP contribution is 2.43. The Morgan fingerprint density at radius 3 is 2.42 bits per heavy atom. The summed E-state index contributed by atoms with van der Waals surface area (Å²) in [6.45, 7) is 0.103. The van der Waals surface area contributed by atoms with Crippen molar-refractivity contribution in [2.45, 2.75) is 54.8 Å². The standard InChI is InChI=1S/C19H26N2O2S2.ClH/c22-18(21-16-10-14-4-5-15(11-16)20-14)12-23-17-6-2-13(3-7-17)19-24-8-1-9-25-19;/h2-3,6-7,14-16,19-20H,1,4-5,8-12H2,(H,21,22);1H. The van der Waals surface area contributed by atoms with Gasteiger partial charge in [0.2, 0.25) is 0 Å². The van der Waals surface area contributed by atoms with E-state index in [0.717, 1.165) is 18.6 Å². The normalized spacial score (nSPS) is 28.2. The molecule has 0 saturated carbocycles. The van der Waals surface area contributed by atoms with E-state index in [0.29, 0.717) is 22.7 Å². The van der Waals surface area contributed by atoms with Gasteiger partial charge < -0.3 is 15.4 Å². The third-order valence-corrected chi connectivity index (χ3v) is 8.20. The monoisotopic (exact) mass is 414 g/mol. The van der Waals surface area contributed by atoms with Crippen molar-refractivity contribution in [2.75, 3.05) is 18.1 Å². The Labute approximate surface area is 170 Å². The van der Waals surface area contributed by atoms with Crippen molar-refractivity contribution in [1.82, 2.24) is 10.6 Å². The van der Waals surface area contributed by atoms with E-state index in [-0.39, 0.29) is 24.9 Å². The van der Waals surface area contributed by atoms with Crippen molar-refractivity contribution >= 4 is 41.8 Å². The number of halogens is 1. The number of amides is 1. The molecule has 4 nitrogen and oxygen atoms in total. The number of carbonyl (C=O) groups excluding carboxylic acids is 1. The Morgan fingerprint density at radius 1 is 1.12 bits per heavy atom. The highest BCUT2D eigenvalue weighted by molar-refractivity contribution is 8.16. The van der Waals surface area contributed by atoms with Gasteiger partial charge in [0.05, 0.1) is 4.58 Å². The lowest BCUT2D eigenvalue weighted by Gasteiger charge is -2.29. The van der Waals surface area contributed by atoms with Crippen molar-refractivity contribution in [1.29, 1.82) is 0 Å². The predicted octanol–water partition coefficient (Wildman–Crippen LogP) is 3.76. The van der Waals surface area contributed by atoms with Gasteiger partial charge in [-0.25, -0.2) is 0 Å². The van der Waals surface area contributed by atoms with Crippen molar-refractivity contribution < 1.29 is 9.53 Å². The number of rotatable bonds is 5. The number of benzene rings is 1. The first kappa shape index (κ1) is 20.2. The van der Waals surface area contributed by atoms with Crippen LogP contribution in [-0.4, -0.2) is 42.1 Å². The zero-order valence-electron chi connectivity index (χ0n) is 14.8. The van der Waals surface area contributed by atoms with E-state index in [9.17, 15) is 4.79 Å². The fraction of sp³-hybridized carbons (Fsp3) is 0.632. The predicted molar refractivity (Wildman–Crippen MR) is 113 cm³/mol. The Balaban J connectivity index is 0.00000196. The van der Waals surface area contributed by atoms with E-state index in [1.807, 2.05) is 35.7 Å². The molecule has 7 heteroatoms. The number of hydrogen-bond acceptors (Lipinski definition) is 5. The molecule has 144 valence electrons. The number of hydrogen-bond donors (Lipinski definition) is 2. The molecule has 2 atom stereocenters. The lowest BCUT2D eigenvalue weighted by Crippen LogP contribution is -2.48. The van der Waals surface area contributed by atoms with Gasteiger partial charge in [-0.15, -0.1) is 35.9 Å². The first-order valence-corrected chi connectivity index (χ1v) is 11.4. The summed E-state index contributed by atoms with van der Waals surface area (Å²) in [4.78, 5) is 12.2. The molecule has 1 aromatic rings. The van der Waals surface area contributed by atoms with Gasteiger partial charge in [0.1, 0.15) is 5.75 Å². The third-order valence-electron chi connectivity index (χ3n) is 5.19. The largest absolute Gasteiger partial charge is 0.484 e. The molecule has 0 spiro atoms. The van der Waals surface area contributed by atoms with Crippen LogP contribution in [0, 0.1) is 0 Å². The quantitative estimate of drug-likeness (QED) is 0.768. The van der Waals surface area contributed by atoms with Crippen LogP contribution < -0.4 is 15.4 Å². The average Bonchev–Trinajstić information content (AvgIpc) is 2.99. The smallest absolute Gasteiger partial charge is 0.258 e. The van der Waals surface area contributed by atoms with E-state index in [1.54, 1.807) is 0 Å². The van der Waals surface area contributed by atoms with E-state index >= 15 is 0 Å². The zero-order valence-corrected chi connectivity index (χ0v) is 17.3. The Bertz CT molecular complexity index is 584. The average molecular weight is 415 g/mol. The minimum atomic E-state index is -0.00577. The SMILES string of the molecule is Cl.O=C(COc1ccc(C2SCCCS2)cc1)NC1CC2CCC(C1)N2. The Morgan fingerprint density at radius 2 is 1.77 bits per heavy atom. The van der Waals surface area contributed by atoms with E-state index in [1.165, 1.54) is 36.3 Å². The number of fused-ring (bicyclic) bond motifs is 2. The van der Waals surface area contributed by atoms with Crippen molar-refractivity contribution in [3.63, 3.8) is 0 Å². The molecule has 0 aliphatic carbocycles. The molecule has 3 aliphatic heterocycles. The van der Waals surface area contributed by atoms with Crippen molar-refractivity contribution in [3.8, 4) is 5.75 Å². The molecule has 4 rings (SSSR count). The van der Waals surface area contributed by atoms with Gasteiger partial charge >= 0.3 is 0 Å². The maximum absolute atomic E-state index is 12.2. The van der Waals surface area contributed by atoms with Crippen LogP contribution in [0.2, 0.25) is 0 Å². The van der Waals surface area contributed by atoms with E-state index in [2.05, 4.69) is 22.8 Å². The van der Waals surface area contributed by atoms with Crippen LogP contribution in [-0.2, 0) is 4.79 Å². The highest BCUT2D eigenvalue weighted by atomic mass is 35.5. The van der Waals surface area contributed by atoms with E-state index < -0.39 is 0 Å². The molecule has 2 N–H and O–H groups in total. The summed E-state index contributed by atoms with van der Waals surface area (Å²) in [5.41, 5.74) is 1.34. The first-order chi connectivity index (χ1) is 12.3. The van der Waals surface area contributed by atoms with Crippen LogP contribution >= 0.6 is 35.9 Å². The summed E-state index contributed by atoms with van der Waals surface area (Å²) in [7, 11) is 0. The van der Waals surface area contributed by atoms with Gasteiger partial charge in [0, 0.05) is 18.1 Å². The third kappa shape index (κ3) is 5.24. The van der Waals surface area contributed by atoms with Gasteiger partial charge in [0.25, 0.3) is 5.91 Å². The molecule has 2 unspecified atom stereocenters. The minimum absolute atomic E-state index is 0. The maximum atomic E-state index is 12.2. The second kappa shape index (κ2) is 9.58. The molecule has 3 aliphatic rings. The van der Waals surface area contributed by atoms with Crippen molar-refractivity contribution in [2.24, 2.45) is 0 Å². The van der Waals surface area contributed by atoms with Gasteiger partial charge in [0.15, 0.2) is 6.61 Å². The summed E-state index contributed by atoms with van der Waals surface area (Å²) in [5.74, 6) is 3.26. The summed E-state index contributed by atoms with van der Waals surface area (Å²) >= 11 is 4.04. The minimum Gasteiger partial charge on any atom is -0.484 e. The van der Waals surface area contributed by atoms with Crippen LogP contribution in [0.25, 0.3) is 0 Å². The van der Waals surface area contributed by atoms with Crippen LogP contribution in [0.1, 0.15) is 42.2 Å². The van der Waals surface area contributed by atoms with Crippen LogP contribution in [0.5, 0.6) is 5.75 Å². The second-order valence-electron chi connectivity index (χ2n) is 7.16. The van der Waals surface area contributed by atoms with E-state index in [4.69, 9.17) is 4.74 Å². The molecule has 1 amide bonds. The van der Waals surface area contributed by atoms with Gasteiger partial charge in [-0.1, -0.05) is 12.1 Å². The summed E-state index contributed by atoms with van der Waals surface area (Å²) in [5, 5.41) is 6.74. The Kier molecular flexibility index (Phi) is 7.44. The molecule has 1 aromatic carbocycles. The van der Waals surface area contributed by atoms with Gasteiger partial charge in [-0.2, -0.15) is 0 Å². The second-order valence-corrected chi connectivity index (χ2v) is 9.88. The van der Waals surface area contributed by atoms with Crippen LogP contribution in [0.3, 0.4) is 0 Å². The molecule has 3 fully saturated rings. The molecule has 0 aromatic heterocycles. The summed E-state index contributed by atoms with van der Waals surface area (Å²) in [6.07, 6.45) is 5.90. The molecule has 2 bridgehead atoms. The number of ether oxygens (including phenoxy) is 1. The van der Waals surface area contributed by atoms with Gasteiger partial charge in [-0.3, -0.25) is 4.79 Å². The number of thioether (sulfide) groups is 2. The first-order valence-electron chi connectivity index (χ1n) is 9.27. The molecule has 3 heterocycles. The van der Waals surface area contributed by atoms with Crippen molar-refractivity contribution in [3.05, 3.63) is 29.8 Å². The van der Waals surface area contributed by atoms with Crippen LogP contribution in [0.15, 0.2) is 24.3 Å². The fourth-order valence-corrected chi connectivity index (χ4v) is 6.89. The number of piperidine rings is 1. The maximum Gasteiger partial charge on any atom is 0.258 e. The topological polar surface area (TPSA) is 50.4 Å². The zero-order chi connectivity index (χ0) is 17.1. The number of carbonyl (C=O) groups is 1. The molecule has 3 saturated heterocycles. The summed E-state index contributed by atoms with van der Waals surface area (Å²) < 4.78 is 6.22. The lowest BCUT2D eigenvalue weighted by atomic mass is 10.00. The fourth-order valence-electron chi connectivity index (χ4n) is 3.99. The molecular weight excluding hydrogens is 388 g/mol. The lowest BCUT2D eigenvalue weighted by molar-refractivity contribution is -0.124. The molecular formula is C19H27ClN2O2S2. The van der Waals surface area contributed by atoms with Crippen LogP contribution in [0.4, 0.5) is 0 Å². The Hall–Kier alpha value is -0.560. The highest BCUT2D eigenvalue weighted by Gasteiger charge is 2.33.